The van der Waals surface area contributed by atoms with Gasteiger partial charge in [-0.25, -0.2) is 13.1 Å². The van der Waals surface area contributed by atoms with E-state index in [1.165, 1.54) is 0 Å². The molecule has 0 radical (unpaired) electrons. The first-order valence-corrected chi connectivity index (χ1v) is 9.95. The topological polar surface area (TPSA) is 72.2 Å². The van der Waals surface area contributed by atoms with E-state index in [4.69, 9.17) is 5.73 Å². The van der Waals surface area contributed by atoms with E-state index in [-0.39, 0.29) is 0 Å². The monoisotopic (exact) mass is 328 g/mol. The van der Waals surface area contributed by atoms with Gasteiger partial charge in [0.15, 0.2) is 0 Å². The Bertz CT molecular complexity index is 594. The van der Waals surface area contributed by atoms with Gasteiger partial charge in [0.2, 0.25) is 10.0 Å². The summed E-state index contributed by atoms with van der Waals surface area (Å²) in [6.07, 6.45) is 2.18. The van der Waals surface area contributed by atoms with Crippen molar-refractivity contribution in [3.8, 4) is 0 Å². The van der Waals surface area contributed by atoms with Crippen LogP contribution < -0.4 is 10.5 Å². The molecule has 0 aromatic heterocycles. The van der Waals surface area contributed by atoms with Crippen LogP contribution in [0.5, 0.6) is 0 Å². The fourth-order valence-electron chi connectivity index (χ4n) is 2.55. The summed E-state index contributed by atoms with van der Waals surface area (Å²) in [5, 5.41) is 0. The van der Waals surface area contributed by atoms with Gasteiger partial charge < -0.3 is 5.73 Å². The summed E-state index contributed by atoms with van der Waals surface area (Å²) in [7, 11) is -3.46. The highest BCUT2D eigenvalue weighted by atomic mass is 32.2. The van der Waals surface area contributed by atoms with Crippen LogP contribution in [0, 0.1) is 19.8 Å². The number of rotatable bonds is 5. The second-order valence-corrected chi connectivity index (χ2v) is 8.61. The lowest BCUT2D eigenvalue weighted by atomic mass is 10.0. The SMILES string of the molecule is Cc1cc(CN)cc(S(=O)(=O)NCC2CCSCC2)c1C. The van der Waals surface area contributed by atoms with Gasteiger partial charge in [0.05, 0.1) is 4.90 Å². The van der Waals surface area contributed by atoms with E-state index in [0.29, 0.717) is 23.9 Å². The molecule has 0 bridgehead atoms. The highest BCUT2D eigenvalue weighted by molar-refractivity contribution is 7.99. The number of benzene rings is 1. The van der Waals surface area contributed by atoms with Crippen molar-refractivity contribution in [2.24, 2.45) is 11.7 Å². The molecule has 1 aromatic rings. The minimum absolute atomic E-state index is 0.351. The van der Waals surface area contributed by atoms with Crippen LogP contribution in [-0.2, 0) is 16.6 Å². The van der Waals surface area contributed by atoms with Crippen molar-refractivity contribution >= 4 is 21.8 Å². The molecule has 118 valence electrons. The first kappa shape index (κ1) is 16.8. The van der Waals surface area contributed by atoms with E-state index in [1.54, 1.807) is 6.07 Å². The zero-order valence-corrected chi connectivity index (χ0v) is 14.3. The van der Waals surface area contributed by atoms with Crippen molar-refractivity contribution in [2.45, 2.75) is 38.1 Å². The summed E-state index contributed by atoms with van der Waals surface area (Å²) in [4.78, 5) is 0.369. The molecule has 0 spiro atoms. The molecule has 0 unspecified atom stereocenters. The Labute approximate surface area is 131 Å². The number of hydrogen-bond donors (Lipinski definition) is 2. The standard InChI is InChI=1S/C15H24N2O2S2/c1-11-7-14(9-16)8-15(12(11)2)21(18,19)17-10-13-3-5-20-6-4-13/h7-8,13,17H,3-6,9-10,16H2,1-2H3. The van der Waals surface area contributed by atoms with Crippen molar-refractivity contribution in [3.05, 3.63) is 28.8 Å². The minimum atomic E-state index is -3.46. The molecule has 6 heteroatoms. The van der Waals surface area contributed by atoms with Gasteiger partial charge in [-0.1, -0.05) is 6.07 Å². The van der Waals surface area contributed by atoms with Crippen molar-refractivity contribution in [3.63, 3.8) is 0 Å². The Morgan fingerprint density at radius 1 is 1.29 bits per heavy atom. The average molecular weight is 329 g/mol. The molecule has 21 heavy (non-hydrogen) atoms. The fraction of sp³-hybridized carbons (Fsp3) is 0.600. The first-order chi connectivity index (χ1) is 9.94. The first-order valence-electron chi connectivity index (χ1n) is 7.31. The summed E-state index contributed by atoms with van der Waals surface area (Å²) in [5.74, 6) is 2.72. The zero-order valence-electron chi connectivity index (χ0n) is 12.7. The van der Waals surface area contributed by atoms with Crippen molar-refractivity contribution in [1.82, 2.24) is 4.72 Å². The Morgan fingerprint density at radius 3 is 2.57 bits per heavy atom. The number of sulfonamides is 1. The van der Waals surface area contributed by atoms with Gasteiger partial charge in [-0.15, -0.1) is 0 Å². The molecule has 0 aliphatic carbocycles. The van der Waals surface area contributed by atoms with Gasteiger partial charge in [-0.3, -0.25) is 0 Å². The molecule has 0 amide bonds. The third-order valence-electron chi connectivity index (χ3n) is 4.11. The van der Waals surface area contributed by atoms with Gasteiger partial charge in [0, 0.05) is 13.1 Å². The number of nitrogens with two attached hydrogens (primary N) is 1. The van der Waals surface area contributed by atoms with Crippen LogP contribution >= 0.6 is 11.8 Å². The fourth-order valence-corrected chi connectivity index (χ4v) is 5.24. The molecule has 4 nitrogen and oxygen atoms in total. The largest absolute Gasteiger partial charge is 0.326 e. The number of nitrogens with one attached hydrogen (secondary N) is 1. The Hall–Kier alpha value is -0.560. The van der Waals surface area contributed by atoms with Crippen LogP contribution in [0.4, 0.5) is 0 Å². The van der Waals surface area contributed by atoms with Crippen LogP contribution in [0.25, 0.3) is 0 Å². The Kier molecular flexibility index (Phi) is 5.71. The summed E-state index contributed by atoms with van der Waals surface area (Å²) in [6.45, 7) is 4.66. The van der Waals surface area contributed by atoms with Gasteiger partial charge in [-0.05, 0) is 66.9 Å². The zero-order chi connectivity index (χ0) is 15.5. The highest BCUT2D eigenvalue weighted by Crippen LogP contribution is 2.24. The summed E-state index contributed by atoms with van der Waals surface area (Å²) >= 11 is 1.95. The number of hydrogen-bond acceptors (Lipinski definition) is 4. The molecule has 1 heterocycles. The van der Waals surface area contributed by atoms with Gasteiger partial charge in [0.25, 0.3) is 0 Å². The van der Waals surface area contributed by atoms with Crippen molar-refractivity contribution in [1.29, 1.82) is 0 Å². The smallest absolute Gasteiger partial charge is 0.240 e. The van der Waals surface area contributed by atoms with Crippen LogP contribution in [0.3, 0.4) is 0 Å². The van der Waals surface area contributed by atoms with Crippen LogP contribution in [0.1, 0.15) is 29.5 Å². The molecule has 3 N–H and O–H groups in total. The van der Waals surface area contributed by atoms with Crippen LogP contribution in [-0.4, -0.2) is 26.5 Å². The van der Waals surface area contributed by atoms with E-state index < -0.39 is 10.0 Å². The van der Waals surface area contributed by atoms with Gasteiger partial charge in [-0.2, -0.15) is 11.8 Å². The molecular formula is C15H24N2O2S2. The Morgan fingerprint density at radius 2 is 1.95 bits per heavy atom. The molecular weight excluding hydrogens is 304 g/mol. The number of aryl methyl sites for hydroxylation is 1. The summed E-state index contributed by atoms with van der Waals surface area (Å²) in [5.41, 5.74) is 8.28. The quantitative estimate of drug-likeness (QED) is 0.869. The maximum absolute atomic E-state index is 12.6. The second kappa shape index (κ2) is 7.13. The molecule has 0 saturated carbocycles. The minimum Gasteiger partial charge on any atom is -0.326 e. The van der Waals surface area contributed by atoms with E-state index >= 15 is 0 Å². The van der Waals surface area contributed by atoms with Gasteiger partial charge >= 0.3 is 0 Å². The second-order valence-electron chi connectivity index (χ2n) is 5.65. The molecule has 1 aliphatic heterocycles. The van der Waals surface area contributed by atoms with Crippen LogP contribution in [0.15, 0.2) is 17.0 Å². The average Bonchev–Trinajstić information content (AvgIpc) is 2.48. The van der Waals surface area contributed by atoms with E-state index in [0.717, 1.165) is 41.0 Å². The highest BCUT2D eigenvalue weighted by Gasteiger charge is 2.21. The molecule has 1 aromatic carbocycles. The van der Waals surface area contributed by atoms with E-state index in [9.17, 15) is 8.42 Å². The summed E-state index contributed by atoms with van der Waals surface area (Å²) in [6, 6.07) is 3.65. The third-order valence-corrected chi connectivity index (χ3v) is 6.71. The van der Waals surface area contributed by atoms with E-state index in [2.05, 4.69) is 4.72 Å². The number of thioether (sulfide) groups is 1. The predicted molar refractivity (Wildman–Crippen MR) is 89.0 cm³/mol. The maximum Gasteiger partial charge on any atom is 0.240 e. The maximum atomic E-state index is 12.6. The predicted octanol–water partition coefficient (Wildman–Crippen LogP) is 2.18. The molecule has 0 atom stereocenters. The lowest BCUT2D eigenvalue weighted by Crippen LogP contribution is -2.31. The molecule has 1 aliphatic rings. The molecule has 2 rings (SSSR count). The molecule has 1 fully saturated rings. The molecule has 1 saturated heterocycles. The van der Waals surface area contributed by atoms with Crippen LogP contribution in [0.2, 0.25) is 0 Å². The van der Waals surface area contributed by atoms with Gasteiger partial charge in [0.1, 0.15) is 0 Å². The van der Waals surface area contributed by atoms with E-state index in [1.807, 2.05) is 31.7 Å². The lowest BCUT2D eigenvalue weighted by Gasteiger charge is -2.22. The van der Waals surface area contributed by atoms with Crippen molar-refractivity contribution in [2.75, 3.05) is 18.1 Å². The summed E-state index contributed by atoms with van der Waals surface area (Å²) < 4.78 is 27.9. The van der Waals surface area contributed by atoms with Crippen molar-refractivity contribution < 1.29 is 8.42 Å². The lowest BCUT2D eigenvalue weighted by molar-refractivity contribution is 0.476. The third kappa shape index (κ3) is 4.22. The Balaban J connectivity index is 2.16. The normalized spacial score (nSPS) is 17.1.